The number of hydrogen-bond acceptors (Lipinski definition) is 4. The number of hydrogen-bond donors (Lipinski definition) is 3. The highest BCUT2D eigenvalue weighted by atomic mass is 16.3. The zero-order valence-electron chi connectivity index (χ0n) is 11.1. The van der Waals surface area contributed by atoms with Crippen molar-refractivity contribution < 1.29 is 15.3 Å². The second-order valence-electron chi connectivity index (χ2n) is 5.84. The molecule has 4 nitrogen and oxygen atoms in total. The Morgan fingerprint density at radius 3 is 2.37 bits per heavy atom. The van der Waals surface area contributed by atoms with Gasteiger partial charge >= 0.3 is 0 Å². The molecule has 2 saturated heterocycles. The van der Waals surface area contributed by atoms with Crippen molar-refractivity contribution in [2.45, 2.75) is 43.2 Å². The van der Waals surface area contributed by atoms with Crippen molar-refractivity contribution in [3.63, 3.8) is 0 Å². The number of fused-ring (bicyclic) bond motifs is 2. The molecule has 2 aliphatic heterocycles. The molecule has 19 heavy (non-hydrogen) atoms. The first-order chi connectivity index (χ1) is 9.09. The lowest BCUT2D eigenvalue weighted by atomic mass is 9.81. The summed E-state index contributed by atoms with van der Waals surface area (Å²) in [7, 11) is 1.97. The summed E-state index contributed by atoms with van der Waals surface area (Å²) in [5.74, 6) is -0.235. The SMILES string of the molecule is CN1[C@H]2C[C@@H](O)[C@@H]1C[C@@H](O)[C@@H]2C(O)c1ccccc1. The number of aliphatic hydroxyl groups is 3. The largest absolute Gasteiger partial charge is 0.393 e. The molecule has 3 N–H and O–H groups in total. The normalized spacial score (nSPS) is 40.3. The molecule has 104 valence electrons. The van der Waals surface area contributed by atoms with Crippen LogP contribution in [-0.2, 0) is 0 Å². The van der Waals surface area contributed by atoms with Gasteiger partial charge in [-0.2, -0.15) is 0 Å². The standard InChI is InChI=1S/C15H21NO3/c1-16-10-7-13(18)14(11(16)8-12(10)17)15(19)9-5-3-2-4-6-9/h2-6,10-15,17-19H,7-8H2,1H3/t10-,11-,12+,13+,14+,15?/m0/s1. The van der Waals surface area contributed by atoms with E-state index < -0.39 is 18.3 Å². The van der Waals surface area contributed by atoms with E-state index >= 15 is 0 Å². The number of rotatable bonds is 2. The fourth-order valence-corrected chi connectivity index (χ4v) is 3.79. The molecule has 1 aromatic rings. The Morgan fingerprint density at radius 2 is 1.68 bits per heavy atom. The van der Waals surface area contributed by atoms with Crippen LogP contribution in [0.2, 0.25) is 0 Å². The third-order valence-corrected chi connectivity index (χ3v) is 4.85. The summed E-state index contributed by atoms with van der Waals surface area (Å²) in [5, 5.41) is 30.9. The number of aliphatic hydroxyl groups excluding tert-OH is 3. The van der Waals surface area contributed by atoms with Gasteiger partial charge in [-0.25, -0.2) is 0 Å². The van der Waals surface area contributed by atoms with Gasteiger partial charge in [0.2, 0.25) is 0 Å². The van der Waals surface area contributed by atoms with Crippen molar-refractivity contribution >= 4 is 0 Å². The summed E-state index contributed by atoms with van der Waals surface area (Å²) in [4.78, 5) is 2.12. The van der Waals surface area contributed by atoms with Crippen LogP contribution < -0.4 is 0 Å². The Hall–Kier alpha value is -0.940. The van der Waals surface area contributed by atoms with E-state index in [0.29, 0.717) is 12.8 Å². The quantitative estimate of drug-likeness (QED) is 0.728. The van der Waals surface area contributed by atoms with Crippen LogP contribution >= 0.6 is 0 Å². The predicted molar refractivity (Wildman–Crippen MR) is 71.5 cm³/mol. The fraction of sp³-hybridized carbons (Fsp3) is 0.600. The summed E-state index contributed by atoms with van der Waals surface area (Å²) in [6.45, 7) is 0. The van der Waals surface area contributed by atoms with Crippen LogP contribution in [0.1, 0.15) is 24.5 Å². The average molecular weight is 263 g/mol. The minimum Gasteiger partial charge on any atom is -0.393 e. The molecule has 0 aromatic heterocycles. The molecule has 1 aromatic carbocycles. The molecule has 3 rings (SSSR count). The first kappa shape index (κ1) is 13.1. The molecule has 0 radical (unpaired) electrons. The molecule has 4 heteroatoms. The second kappa shape index (κ2) is 4.87. The van der Waals surface area contributed by atoms with Crippen LogP contribution in [0.5, 0.6) is 0 Å². The molecule has 1 unspecified atom stereocenters. The minimum absolute atomic E-state index is 0.0271. The van der Waals surface area contributed by atoms with Crippen molar-refractivity contribution in [2.24, 2.45) is 5.92 Å². The van der Waals surface area contributed by atoms with E-state index in [1.165, 1.54) is 0 Å². The van der Waals surface area contributed by atoms with Crippen molar-refractivity contribution in [1.29, 1.82) is 0 Å². The molecule has 2 heterocycles. The lowest BCUT2D eigenvalue weighted by Crippen LogP contribution is -2.52. The van der Waals surface area contributed by atoms with E-state index in [1.54, 1.807) is 0 Å². The van der Waals surface area contributed by atoms with Crippen molar-refractivity contribution in [3.8, 4) is 0 Å². The Bertz CT molecular complexity index is 438. The highest BCUT2D eigenvalue weighted by Crippen LogP contribution is 2.43. The van der Waals surface area contributed by atoms with Gasteiger partial charge in [0.05, 0.1) is 18.3 Å². The summed E-state index contributed by atoms with van der Waals surface area (Å²) < 4.78 is 0. The molecule has 2 bridgehead atoms. The predicted octanol–water partition coefficient (Wildman–Crippen LogP) is 0.534. The number of benzene rings is 1. The highest BCUT2D eigenvalue weighted by molar-refractivity contribution is 5.20. The first-order valence-electron chi connectivity index (χ1n) is 6.90. The zero-order chi connectivity index (χ0) is 13.6. The van der Waals surface area contributed by atoms with E-state index in [9.17, 15) is 15.3 Å². The maximum atomic E-state index is 10.6. The number of nitrogens with zero attached hydrogens (tertiary/aromatic N) is 1. The van der Waals surface area contributed by atoms with Gasteiger partial charge in [0.1, 0.15) is 0 Å². The van der Waals surface area contributed by atoms with E-state index in [4.69, 9.17) is 0 Å². The molecule has 0 saturated carbocycles. The number of piperidine rings is 1. The summed E-state index contributed by atoms with van der Waals surface area (Å²) in [6, 6.07) is 9.53. The van der Waals surface area contributed by atoms with Crippen LogP contribution in [0.3, 0.4) is 0 Å². The van der Waals surface area contributed by atoms with Gasteiger partial charge in [-0.3, -0.25) is 4.90 Å². The number of likely N-dealkylation sites (N-methyl/N-ethyl adjacent to an activating group) is 1. The summed E-state index contributed by atoms with van der Waals surface area (Å²) >= 11 is 0. The van der Waals surface area contributed by atoms with E-state index in [-0.39, 0.29) is 18.0 Å². The molecule has 0 amide bonds. The summed E-state index contributed by atoms with van der Waals surface area (Å²) in [5.41, 5.74) is 0.833. The van der Waals surface area contributed by atoms with Gasteiger partial charge in [-0.05, 0) is 25.5 Å². The van der Waals surface area contributed by atoms with Crippen LogP contribution in [0.4, 0.5) is 0 Å². The molecule has 2 aliphatic rings. The maximum Gasteiger partial charge on any atom is 0.0857 e. The molecule has 6 atom stereocenters. The average Bonchev–Trinajstić information content (AvgIpc) is 2.60. The Kier molecular flexibility index (Phi) is 3.35. The van der Waals surface area contributed by atoms with Crippen molar-refractivity contribution in [3.05, 3.63) is 35.9 Å². The third-order valence-electron chi connectivity index (χ3n) is 4.85. The fourth-order valence-electron chi connectivity index (χ4n) is 3.79. The van der Waals surface area contributed by atoms with Gasteiger partial charge in [0, 0.05) is 18.0 Å². The molecule has 0 spiro atoms. The van der Waals surface area contributed by atoms with Crippen LogP contribution in [0, 0.1) is 5.92 Å². The van der Waals surface area contributed by atoms with Gasteiger partial charge in [-0.15, -0.1) is 0 Å². The monoisotopic (exact) mass is 263 g/mol. The Morgan fingerprint density at radius 1 is 1.05 bits per heavy atom. The van der Waals surface area contributed by atoms with E-state index in [1.807, 2.05) is 37.4 Å². The molecule has 0 aliphatic carbocycles. The first-order valence-corrected chi connectivity index (χ1v) is 6.90. The lowest BCUT2D eigenvalue weighted by molar-refractivity contribution is -0.0710. The zero-order valence-corrected chi connectivity index (χ0v) is 11.1. The third kappa shape index (κ3) is 2.09. The van der Waals surface area contributed by atoms with Gasteiger partial charge in [-0.1, -0.05) is 30.3 Å². The van der Waals surface area contributed by atoms with Gasteiger partial charge < -0.3 is 15.3 Å². The maximum absolute atomic E-state index is 10.6. The van der Waals surface area contributed by atoms with Crippen LogP contribution in [0.25, 0.3) is 0 Å². The van der Waals surface area contributed by atoms with E-state index in [0.717, 1.165) is 5.56 Å². The smallest absolute Gasteiger partial charge is 0.0857 e. The molecular weight excluding hydrogens is 242 g/mol. The van der Waals surface area contributed by atoms with Crippen LogP contribution in [-0.4, -0.2) is 51.6 Å². The second-order valence-corrected chi connectivity index (χ2v) is 5.84. The lowest BCUT2D eigenvalue weighted by Gasteiger charge is -2.42. The van der Waals surface area contributed by atoms with Gasteiger partial charge in [0.15, 0.2) is 0 Å². The van der Waals surface area contributed by atoms with Crippen LogP contribution in [0.15, 0.2) is 30.3 Å². The topological polar surface area (TPSA) is 63.9 Å². The highest BCUT2D eigenvalue weighted by Gasteiger charge is 2.51. The Balaban J connectivity index is 1.87. The van der Waals surface area contributed by atoms with Gasteiger partial charge in [0.25, 0.3) is 0 Å². The van der Waals surface area contributed by atoms with Crippen molar-refractivity contribution in [2.75, 3.05) is 7.05 Å². The summed E-state index contributed by atoms with van der Waals surface area (Å²) in [6.07, 6.45) is -0.471. The minimum atomic E-state index is -0.685. The van der Waals surface area contributed by atoms with Crippen molar-refractivity contribution in [1.82, 2.24) is 4.90 Å². The van der Waals surface area contributed by atoms with E-state index in [2.05, 4.69) is 4.90 Å². The Labute approximate surface area is 113 Å². The molecule has 2 fully saturated rings. The molecular formula is C15H21NO3.